The van der Waals surface area contributed by atoms with Crippen molar-refractivity contribution in [2.75, 3.05) is 25.1 Å². The molecule has 11 heavy (non-hydrogen) atoms. The van der Waals surface area contributed by atoms with E-state index in [-0.39, 0.29) is 0 Å². The Morgan fingerprint density at radius 1 is 1.27 bits per heavy atom. The third kappa shape index (κ3) is 5.57. The van der Waals surface area contributed by atoms with Crippen LogP contribution in [-0.2, 0) is 0 Å². The van der Waals surface area contributed by atoms with Crippen molar-refractivity contribution in [2.24, 2.45) is 0 Å². The highest BCUT2D eigenvalue weighted by atomic mass is 32.2. The summed E-state index contributed by atoms with van der Waals surface area (Å²) in [5.74, 6) is 1.26. The molecule has 0 unspecified atom stereocenters. The zero-order valence-corrected chi connectivity index (χ0v) is 9.08. The molecule has 0 amide bonds. The molecule has 0 N–H and O–H groups in total. The summed E-state index contributed by atoms with van der Waals surface area (Å²) in [5.41, 5.74) is 0. The van der Waals surface area contributed by atoms with Crippen molar-refractivity contribution in [2.45, 2.75) is 33.2 Å². The first-order chi connectivity index (χ1) is 5.22. The van der Waals surface area contributed by atoms with E-state index in [2.05, 4.69) is 31.9 Å². The minimum absolute atomic E-state index is 0.710. The predicted molar refractivity (Wildman–Crippen MR) is 55.4 cm³/mol. The SMILES string of the molecule is CCCN(CCSC)C(C)C. The molecule has 0 aromatic carbocycles. The van der Waals surface area contributed by atoms with Crippen molar-refractivity contribution in [1.82, 2.24) is 4.90 Å². The number of hydrogen-bond acceptors (Lipinski definition) is 2. The topological polar surface area (TPSA) is 3.24 Å². The van der Waals surface area contributed by atoms with Gasteiger partial charge in [-0.3, -0.25) is 0 Å². The summed E-state index contributed by atoms with van der Waals surface area (Å²) in [4.78, 5) is 2.54. The summed E-state index contributed by atoms with van der Waals surface area (Å²) in [7, 11) is 0. The minimum Gasteiger partial charge on any atom is -0.300 e. The van der Waals surface area contributed by atoms with Crippen LogP contribution in [0.25, 0.3) is 0 Å². The third-order valence-corrected chi connectivity index (χ3v) is 2.41. The maximum Gasteiger partial charge on any atom is 0.00749 e. The molecular weight excluding hydrogens is 154 g/mol. The third-order valence-electron chi connectivity index (χ3n) is 1.82. The van der Waals surface area contributed by atoms with Crippen LogP contribution in [0, 0.1) is 0 Å². The summed E-state index contributed by atoms with van der Waals surface area (Å²) in [6.45, 7) is 9.28. The molecular formula is C9H21NS. The Morgan fingerprint density at radius 2 is 1.91 bits per heavy atom. The Bertz CT molecular complexity index is 83.6. The van der Waals surface area contributed by atoms with Gasteiger partial charge in [-0.2, -0.15) is 11.8 Å². The lowest BCUT2D eigenvalue weighted by Crippen LogP contribution is -2.33. The Hall–Kier alpha value is 0.310. The minimum atomic E-state index is 0.710. The van der Waals surface area contributed by atoms with Gasteiger partial charge in [0.05, 0.1) is 0 Å². The van der Waals surface area contributed by atoms with Crippen molar-refractivity contribution >= 4 is 11.8 Å². The number of thioether (sulfide) groups is 1. The zero-order valence-electron chi connectivity index (χ0n) is 8.26. The van der Waals surface area contributed by atoms with E-state index >= 15 is 0 Å². The second-order valence-electron chi connectivity index (χ2n) is 3.12. The second kappa shape index (κ2) is 6.99. The quantitative estimate of drug-likeness (QED) is 0.610. The molecule has 0 aromatic heterocycles. The van der Waals surface area contributed by atoms with Gasteiger partial charge in [-0.1, -0.05) is 6.92 Å². The first-order valence-corrected chi connectivity index (χ1v) is 5.84. The van der Waals surface area contributed by atoms with Crippen LogP contribution in [0.15, 0.2) is 0 Å². The summed E-state index contributed by atoms with van der Waals surface area (Å²) >= 11 is 1.93. The largest absolute Gasteiger partial charge is 0.300 e. The van der Waals surface area contributed by atoms with Gasteiger partial charge in [-0.05, 0) is 33.1 Å². The van der Waals surface area contributed by atoms with E-state index in [1.807, 2.05) is 11.8 Å². The van der Waals surface area contributed by atoms with Gasteiger partial charge < -0.3 is 4.90 Å². The van der Waals surface area contributed by atoms with E-state index in [1.165, 1.54) is 25.3 Å². The molecule has 0 bridgehead atoms. The predicted octanol–water partition coefficient (Wildman–Crippen LogP) is 2.47. The molecule has 0 radical (unpaired) electrons. The fourth-order valence-electron chi connectivity index (χ4n) is 1.12. The Kier molecular flexibility index (Phi) is 7.18. The van der Waals surface area contributed by atoms with E-state index in [0.717, 1.165) is 0 Å². The smallest absolute Gasteiger partial charge is 0.00749 e. The van der Waals surface area contributed by atoms with Crippen molar-refractivity contribution in [3.8, 4) is 0 Å². The second-order valence-corrected chi connectivity index (χ2v) is 4.11. The van der Waals surface area contributed by atoms with E-state index in [0.29, 0.717) is 6.04 Å². The van der Waals surface area contributed by atoms with Gasteiger partial charge in [0.15, 0.2) is 0 Å². The van der Waals surface area contributed by atoms with E-state index < -0.39 is 0 Å². The Morgan fingerprint density at radius 3 is 2.27 bits per heavy atom. The van der Waals surface area contributed by atoms with Gasteiger partial charge in [-0.25, -0.2) is 0 Å². The van der Waals surface area contributed by atoms with Crippen molar-refractivity contribution in [1.29, 1.82) is 0 Å². The van der Waals surface area contributed by atoms with Crippen molar-refractivity contribution in [3.05, 3.63) is 0 Å². The number of rotatable bonds is 6. The molecule has 0 spiro atoms. The lowest BCUT2D eigenvalue weighted by atomic mass is 10.3. The van der Waals surface area contributed by atoms with Crippen molar-refractivity contribution in [3.63, 3.8) is 0 Å². The summed E-state index contributed by atoms with van der Waals surface area (Å²) in [6.07, 6.45) is 3.44. The Labute approximate surface area is 75.5 Å². The molecule has 0 saturated carbocycles. The standard InChI is InChI=1S/C9H21NS/c1-5-6-10(9(2)3)7-8-11-4/h9H,5-8H2,1-4H3. The lowest BCUT2D eigenvalue weighted by molar-refractivity contribution is 0.236. The summed E-state index contributed by atoms with van der Waals surface area (Å²) < 4.78 is 0. The van der Waals surface area contributed by atoms with Gasteiger partial charge in [0, 0.05) is 18.3 Å². The van der Waals surface area contributed by atoms with Crippen LogP contribution in [-0.4, -0.2) is 36.0 Å². The van der Waals surface area contributed by atoms with E-state index in [4.69, 9.17) is 0 Å². The molecule has 0 fully saturated rings. The normalized spacial score (nSPS) is 11.5. The average molecular weight is 175 g/mol. The van der Waals surface area contributed by atoms with Crippen LogP contribution in [0.4, 0.5) is 0 Å². The van der Waals surface area contributed by atoms with Crippen LogP contribution >= 0.6 is 11.8 Å². The van der Waals surface area contributed by atoms with Gasteiger partial charge in [0.2, 0.25) is 0 Å². The molecule has 0 saturated heterocycles. The van der Waals surface area contributed by atoms with Crippen molar-refractivity contribution < 1.29 is 0 Å². The lowest BCUT2D eigenvalue weighted by Gasteiger charge is -2.25. The van der Waals surface area contributed by atoms with Crippen LogP contribution in [0.3, 0.4) is 0 Å². The fourth-order valence-corrected chi connectivity index (χ4v) is 1.54. The average Bonchev–Trinajstić information content (AvgIpc) is 1.97. The molecule has 0 atom stereocenters. The molecule has 0 aliphatic carbocycles. The van der Waals surface area contributed by atoms with Crippen LogP contribution < -0.4 is 0 Å². The zero-order chi connectivity index (χ0) is 8.69. The molecule has 0 heterocycles. The Balaban J connectivity index is 3.51. The highest BCUT2D eigenvalue weighted by Gasteiger charge is 2.05. The molecule has 0 aliphatic heterocycles. The van der Waals surface area contributed by atoms with Gasteiger partial charge in [-0.15, -0.1) is 0 Å². The first-order valence-electron chi connectivity index (χ1n) is 4.45. The summed E-state index contributed by atoms with van der Waals surface area (Å²) in [5, 5.41) is 0. The molecule has 0 aliphatic rings. The maximum atomic E-state index is 2.54. The van der Waals surface area contributed by atoms with Crippen LogP contribution in [0.5, 0.6) is 0 Å². The van der Waals surface area contributed by atoms with Gasteiger partial charge >= 0.3 is 0 Å². The summed E-state index contributed by atoms with van der Waals surface area (Å²) in [6, 6.07) is 0.710. The molecule has 2 heteroatoms. The van der Waals surface area contributed by atoms with Crippen LogP contribution in [0.1, 0.15) is 27.2 Å². The molecule has 0 aromatic rings. The van der Waals surface area contributed by atoms with E-state index in [9.17, 15) is 0 Å². The number of nitrogens with zero attached hydrogens (tertiary/aromatic N) is 1. The van der Waals surface area contributed by atoms with Crippen LogP contribution in [0.2, 0.25) is 0 Å². The first kappa shape index (κ1) is 11.3. The van der Waals surface area contributed by atoms with Gasteiger partial charge in [0.1, 0.15) is 0 Å². The van der Waals surface area contributed by atoms with Gasteiger partial charge in [0.25, 0.3) is 0 Å². The highest BCUT2D eigenvalue weighted by Crippen LogP contribution is 2.01. The molecule has 68 valence electrons. The highest BCUT2D eigenvalue weighted by molar-refractivity contribution is 7.98. The molecule has 0 rings (SSSR count). The fraction of sp³-hybridized carbons (Fsp3) is 1.00. The van der Waals surface area contributed by atoms with E-state index in [1.54, 1.807) is 0 Å². The number of hydrogen-bond donors (Lipinski definition) is 0. The molecule has 1 nitrogen and oxygen atoms in total. The monoisotopic (exact) mass is 175 g/mol. The maximum absolute atomic E-state index is 2.54.